The number of aryl methyl sites for hydroxylation is 1. The zero-order valence-electron chi connectivity index (χ0n) is 9.21. The fraction of sp³-hybridized carbons (Fsp3) is 0.0833. The molecule has 2 heterocycles. The first-order chi connectivity index (χ1) is 8.27. The summed E-state index contributed by atoms with van der Waals surface area (Å²) in [5.74, 6) is 0. The van der Waals surface area contributed by atoms with E-state index in [0.717, 1.165) is 5.56 Å². The van der Waals surface area contributed by atoms with Crippen LogP contribution in [0.3, 0.4) is 0 Å². The molecule has 17 heavy (non-hydrogen) atoms. The van der Waals surface area contributed by atoms with Crippen LogP contribution in [0.4, 0.5) is 0 Å². The standard InChI is InChI=1S/C12H10N4O/c1-16-12(17)10-9(7-13-16)14-15-11(10)8-5-3-2-4-6-8/h2-7H,1H3,(H,14,15). The van der Waals surface area contributed by atoms with Gasteiger partial charge in [-0.05, 0) is 0 Å². The fourth-order valence-corrected chi connectivity index (χ4v) is 1.83. The molecule has 5 heteroatoms. The molecule has 1 N–H and O–H groups in total. The molecule has 0 aliphatic rings. The zero-order chi connectivity index (χ0) is 11.8. The Bertz CT molecular complexity index is 727. The second kappa shape index (κ2) is 3.55. The predicted molar refractivity (Wildman–Crippen MR) is 64.6 cm³/mol. The SMILES string of the molecule is Cn1ncc2[nH]nc(-c3ccccc3)c2c1=O. The Hall–Kier alpha value is -2.43. The number of nitrogens with zero attached hydrogens (tertiary/aromatic N) is 3. The van der Waals surface area contributed by atoms with Crippen LogP contribution in [0.1, 0.15) is 0 Å². The number of rotatable bonds is 1. The Morgan fingerprint density at radius 1 is 1.24 bits per heavy atom. The maximum atomic E-state index is 12.0. The van der Waals surface area contributed by atoms with E-state index in [4.69, 9.17) is 0 Å². The minimum Gasteiger partial charge on any atom is -0.275 e. The van der Waals surface area contributed by atoms with Crippen molar-refractivity contribution in [3.8, 4) is 11.3 Å². The van der Waals surface area contributed by atoms with E-state index in [1.54, 1.807) is 13.2 Å². The first-order valence-corrected chi connectivity index (χ1v) is 5.23. The van der Waals surface area contributed by atoms with Crippen LogP contribution in [-0.4, -0.2) is 20.0 Å². The van der Waals surface area contributed by atoms with E-state index >= 15 is 0 Å². The van der Waals surface area contributed by atoms with Gasteiger partial charge in [0.1, 0.15) is 5.69 Å². The highest BCUT2D eigenvalue weighted by molar-refractivity contribution is 5.91. The summed E-state index contributed by atoms with van der Waals surface area (Å²) in [5.41, 5.74) is 2.10. The molecular weight excluding hydrogens is 216 g/mol. The number of hydrogen-bond donors (Lipinski definition) is 1. The molecule has 0 aliphatic heterocycles. The lowest BCUT2D eigenvalue weighted by Crippen LogP contribution is -2.18. The van der Waals surface area contributed by atoms with Gasteiger partial charge in [0, 0.05) is 12.6 Å². The third-order valence-corrected chi connectivity index (χ3v) is 2.71. The molecule has 0 saturated heterocycles. The zero-order valence-corrected chi connectivity index (χ0v) is 9.21. The van der Waals surface area contributed by atoms with Crippen molar-refractivity contribution in [3.05, 3.63) is 46.9 Å². The van der Waals surface area contributed by atoms with Gasteiger partial charge in [0.25, 0.3) is 5.56 Å². The average molecular weight is 226 g/mol. The van der Waals surface area contributed by atoms with Gasteiger partial charge < -0.3 is 0 Å². The molecule has 5 nitrogen and oxygen atoms in total. The molecule has 2 aromatic heterocycles. The van der Waals surface area contributed by atoms with E-state index in [1.807, 2.05) is 30.3 Å². The molecular formula is C12H10N4O. The van der Waals surface area contributed by atoms with Crippen molar-refractivity contribution in [1.29, 1.82) is 0 Å². The van der Waals surface area contributed by atoms with Crippen molar-refractivity contribution >= 4 is 10.9 Å². The van der Waals surface area contributed by atoms with Crippen molar-refractivity contribution in [1.82, 2.24) is 20.0 Å². The molecule has 0 saturated carbocycles. The Balaban J connectivity index is 2.39. The molecule has 0 fully saturated rings. The molecule has 3 rings (SSSR count). The van der Waals surface area contributed by atoms with Crippen LogP contribution in [-0.2, 0) is 7.05 Å². The van der Waals surface area contributed by atoms with Crippen molar-refractivity contribution in [2.75, 3.05) is 0 Å². The summed E-state index contributed by atoms with van der Waals surface area (Å²) >= 11 is 0. The van der Waals surface area contributed by atoms with Crippen LogP contribution in [0.2, 0.25) is 0 Å². The number of aromatic amines is 1. The molecule has 0 spiro atoms. The van der Waals surface area contributed by atoms with Gasteiger partial charge in [0.15, 0.2) is 0 Å². The van der Waals surface area contributed by atoms with Gasteiger partial charge in [-0.25, -0.2) is 4.68 Å². The minimum absolute atomic E-state index is 0.143. The van der Waals surface area contributed by atoms with Gasteiger partial charge in [-0.2, -0.15) is 10.2 Å². The van der Waals surface area contributed by atoms with Crippen LogP contribution in [0, 0.1) is 0 Å². The molecule has 84 valence electrons. The van der Waals surface area contributed by atoms with E-state index in [-0.39, 0.29) is 5.56 Å². The van der Waals surface area contributed by atoms with Gasteiger partial charge in [-0.1, -0.05) is 30.3 Å². The van der Waals surface area contributed by atoms with E-state index in [1.165, 1.54) is 4.68 Å². The summed E-state index contributed by atoms with van der Waals surface area (Å²) in [6.45, 7) is 0. The highest BCUT2D eigenvalue weighted by atomic mass is 16.1. The van der Waals surface area contributed by atoms with Crippen LogP contribution < -0.4 is 5.56 Å². The summed E-state index contributed by atoms with van der Waals surface area (Å²) in [5, 5.41) is 11.5. The lowest BCUT2D eigenvalue weighted by molar-refractivity contribution is 0.718. The molecule has 0 aliphatic carbocycles. The lowest BCUT2D eigenvalue weighted by atomic mass is 10.1. The maximum Gasteiger partial charge on any atom is 0.278 e. The number of nitrogens with one attached hydrogen (secondary N) is 1. The molecule has 0 radical (unpaired) electrons. The summed E-state index contributed by atoms with van der Waals surface area (Å²) in [7, 11) is 1.63. The van der Waals surface area contributed by atoms with E-state index in [0.29, 0.717) is 16.6 Å². The van der Waals surface area contributed by atoms with E-state index in [2.05, 4.69) is 15.3 Å². The predicted octanol–water partition coefficient (Wildman–Crippen LogP) is 1.32. The lowest BCUT2D eigenvalue weighted by Gasteiger charge is -1.98. The van der Waals surface area contributed by atoms with Crippen molar-refractivity contribution in [2.45, 2.75) is 0 Å². The number of hydrogen-bond acceptors (Lipinski definition) is 3. The van der Waals surface area contributed by atoms with Crippen LogP contribution in [0.5, 0.6) is 0 Å². The first-order valence-electron chi connectivity index (χ1n) is 5.23. The molecule has 0 amide bonds. The highest BCUT2D eigenvalue weighted by Crippen LogP contribution is 2.22. The molecule has 0 bridgehead atoms. The van der Waals surface area contributed by atoms with Gasteiger partial charge in [0.2, 0.25) is 0 Å². The summed E-state index contributed by atoms with van der Waals surface area (Å²) in [4.78, 5) is 12.0. The van der Waals surface area contributed by atoms with Crippen molar-refractivity contribution in [3.63, 3.8) is 0 Å². The van der Waals surface area contributed by atoms with E-state index in [9.17, 15) is 4.79 Å². The summed E-state index contributed by atoms with van der Waals surface area (Å²) < 4.78 is 1.31. The molecule has 1 aromatic carbocycles. The summed E-state index contributed by atoms with van der Waals surface area (Å²) in [6, 6.07) is 9.62. The van der Waals surface area contributed by atoms with Gasteiger partial charge in [0.05, 0.1) is 17.1 Å². The Kier molecular flexibility index (Phi) is 2.04. The topological polar surface area (TPSA) is 63.6 Å². The third kappa shape index (κ3) is 1.44. The molecule has 0 unspecified atom stereocenters. The Labute approximate surface area is 96.7 Å². The number of aromatic nitrogens is 4. The fourth-order valence-electron chi connectivity index (χ4n) is 1.83. The Morgan fingerprint density at radius 3 is 2.76 bits per heavy atom. The van der Waals surface area contributed by atoms with Crippen molar-refractivity contribution in [2.24, 2.45) is 7.05 Å². The molecule has 0 atom stereocenters. The maximum absolute atomic E-state index is 12.0. The van der Waals surface area contributed by atoms with Gasteiger partial charge in [-0.15, -0.1) is 0 Å². The number of H-pyrrole nitrogens is 1. The van der Waals surface area contributed by atoms with Crippen LogP contribution in [0.15, 0.2) is 41.3 Å². The largest absolute Gasteiger partial charge is 0.278 e. The van der Waals surface area contributed by atoms with Gasteiger partial charge in [-0.3, -0.25) is 9.89 Å². The first kappa shape index (κ1) is 9.77. The normalized spacial score (nSPS) is 10.9. The van der Waals surface area contributed by atoms with Crippen molar-refractivity contribution < 1.29 is 0 Å². The quantitative estimate of drug-likeness (QED) is 0.680. The average Bonchev–Trinajstić information content (AvgIpc) is 2.79. The smallest absolute Gasteiger partial charge is 0.275 e. The van der Waals surface area contributed by atoms with Crippen LogP contribution in [0.25, 0.3) is 22.2 Å². The monoisotopic (exact) mass is 226 g/mol. The second-order valence-corrected chi connectivity index (χ2v) is 3.80. The van der Waals surface area contributed by atoms with Crippen LogP contribution >= 0.6 is 0 Å². The third-order valence-electron chi connectivity index (χ3n) is 2.71. The summed E-state index contributed by atoms with van der Waals surface area (Å²) in [6.07, 6.45) is 1.61. The van der Waals surface area contributed by atoms with E-state index < -0.39 is 0 Å². The molecule has 3 aromatic rings. The Morgan fingerprint density at radius 2 is 2.00 bits per heavy atom. The second-order valence-electron chi connectivity index (χ2n) is 3.80. The minimum atomic E-state index is -0.143. The van der Waals surface area contributed by atoms with Gasteiger partial charge >= 0.3 is 0 Å². The highest BCUT2D eigenvalue weighted by Gasteiger charge is 2.12. The number of benzene rings is 1. The number of fused-ring (bicyclic) bond motifs is 1.